The van der Waals surface area contributed by atoms with Crippen molar-refractivity contribution >= 4 is 29.8 Å². The van der Waals surface area contributed by atoms with Gasteiger partial charge in [0.05, 0.1) is 0 Å². The second kappa shape index (κ2) is 6.90. The van der Waals surface area contributed by atoms with Crippen LogP contribution in [0.1, 0.15) is 6.42 Å². The summed E-state index contributed by atoms with van der Waals surface area (Å²) >= 11 is 1.53. The van der Waals surface area contributed by atoms with E-state index >= 15 is 0 Å². The van der Waals surface area contributed by atoms with Crippen molar-refractivity contribution in [1.82, 2.24) is 0 Å². The Kier molecular flexibility index (Phi) is 5.51. The molecule has 6 heteroatoms. The summed E-state index contributed by atoms with van der Waals surface area (Å²) in [6.45, 7) is 0. The summed E-state index contributed by atoms with van der Waals surface area (Å²) in [5.41, 5.74) is 0.455. The SMILES string of the molecule is CSCCC(C(=O)O)N(C=O)c1ccc(O)cc1. The van der Waals surface area contributed by atoms with E-state index in [-0.39, 0.29) is 5.75 Å². The first-order valence-corrected chi connectivity index (χ1v) is 6.74. The molecular weight excluding hydrogens is 254 g/mol. The lowest BCUT2D eigenvalue weighted by atomic mass is 10.1. The van der Waals surface area contributed by atoms with Gasteiger partial charge in [-0.05, 0) is 42.7 Å². The highest BCUT2D eigenvalue weighted by Gasteiger charge is 2.25. The van der Waals surface area contributed by atoms with E-state index in [2.05, 4.69) is 0 Å². The molecule has 5 nitrogen and oxygen atoms in total. The fourth-order valence-corrected chi connectivity index (χ4v) is 2.01. The summed E-state index contributed by atoms with van der Waals surface area (Å²) in [4.78, 5) is 23.4. The van der Waals surface area contributed by atoms with Gasteiger partial charge in [-0.2, -0.15) is 11.8 Å². The second-order valence-electron chi connectivity index (χ2n) is 3.66. The molecule has 98 valence electrons. The molecule has 1 aromatic carbocycles. The molecule has 1 aromatic rings. The number of benzene rings is 1. The van der Waals surface area contributed by atoms with Gasteiger partial charge >= 0.3 is 5.97 Å². The number of phenolic OH excluding ortho intramolecular Hbond substituents is 1. The highest BCUT2D eigenvalue weighted by molar-refractivity contribution is 7.98. The fourth-order valence-electron chi connectivity index (χ4n) is 1.55. The fraction of sp³-hybridized carbons (Fsp3) is 0.333. The van der Waals surface area contributed by atoms with Crippen LogP contribution >= 0.6 is 11.8 Å². The Morgan fingerprint density at radius 2 is 2.06 bits per heavy atom. The lowest BCUT2D eigenvalue weighted by Crippen LogP contribution is -2.41. The highest BCUT2D eigenvalue weighted by Crippen LogP contribution is 2.21. The number of amides is 1. The van der Waals surface area contributed by atoms with Crippen LogP contribution in [0.2, 0.25) is 0 Å². The normalized spacial score (nSPS) is 11.8. The maximum atomic E-state index is 11.2. The number of thioether (sulfide) groups is 1. The van der Waals surface area contributed by atoms with Crippen LogP contribution in [0, 0.1) is 0 Å². The lowest BCUT2D eigenvalue weighted by molar-refractivity contribution is -0.139. The zero-order chi connectivity index (χ0) is 13.5. The molecular formula is C12H15NO4S. The number of carbonyl (C=O) groups is 2. The summed E-state index contributed by atoms with van der Waals surface area (Å²) in [6, 6.07) is 4.97. The van der Waals surface area contributed by atoms with Crippen LogP contribution in [0.15, 0.2) is 24.3 Å². The number of anilines is 1. The summed E-state index contributed by atoms with van der Waals surface area (Å²) in [6.07, 6.45) is 2.76. The van der Waals surface area contributed by atoms with Crippen LogP contribution in [-0.2, 0) is 9.59 Å². The first-order valence-electron chi connectivity index (χ1n) is 5.34. The number of hydrogen-bond acceptors (Lipinski definition) is 4. The third kappa shape index (κ3) is 3.66. The Morgan fingerprint density at radius 3 is 2.50 bits per heavy atom. The molecule has 2 N–H and O–H groups in total. The van der Waals surface area contributed by atoms with E-state index in [4.69, 9.17) is 5.11 Å². The predicted octanol–water partition coefficient (Wildman–Crippen LogP) is 1.56. The number of hydrogen-bond donors (Lipinski definition) is 2. The number of aromatic hydroxyl groups is 1. The average Bonchev–Trinajstić information content (AvgIpc) is 2.35. The number of aliphatic carboxylic acids is 1. The van der Waals surface area contributed by atoms with Gasteiger partial charge in [0.15, 0.2) is 0 Å². The maximum Gasteiger partial charge on any atom is 0.326 e. The van der Waals surface area contributed by atoms with Gasteiger partial charge in [0.25, 0.3) is 0 Å². The van der Waals surface area contributed by atoms with Gasteiger partial charge in [-0.25, -0.2) is 4.79 Å². The molecule has 18 heavy (non-hydrogen) atoms. The third-order valence-electron chi connectivity index (χ3n) is 2.48. The molecule has 0 spiro atoms. The lowest BCUT2D eigenvalue weighted by Gasteiger charge is -2.24. The van der Waals surface area contributed by atoms with Crippen molar-refractivity contribution in [3.8, 4) is 5.75 Å². The van der Waals surface area contributed by atoms with Crippen molar-refractivity contribution in [3.63, 3.8) is 0 Å². The minimum Gasteiger partial charge on any atom is -0.508 e. The van der Waals surface area contributed by atoms with Crippen molar-refractivity contribution in [2.45, 2.75) is 12.5 Å². The number of nitrogens with zero attached hydrogens (tertiary/aromatic N) is 1. The number of carbonyl (C=O) groups excluding carboxylic acids is 1. The first-order chi connectivity index (χ1) is 8.60. The van der Waals surface area contributed by atoms with E-state index in [0.29, 0.717) is 24.3 Å². The molecule has 1 rings (SSSR count). The average molecular weight is 269 g/mol. The Bertz CT molecular complexity index is 407. The van der Waals surface area contributed by atoms with Gasteiger partial charge in [0.2, 0.25) is 6.41 Å². The van der Waals surface area contributed by atoms with Gasteiger partial charge in [0.1, 0.15) is 11.8 Å². The Balaban J connectivity index is 2.94. The van der Waals surface area contributed by atoms with E-state index in [9.17, 15) is 14.7 Å². The van der Waals surface area contributed by atoms with Crippen LogP contribution < -0.4 is 4.90 Å². The van der Waals surface area contributed by atoms with E-state index < -0.39 is 12.0 Å². The van der Waals surface area contributed by atoms with Crippen molar-refractivity contribution in [1.29, 1.82) is 0 Å². The van der Waals surface area contributed by atoms with Crippen LogP contribution in [-0.4, -0.2) is 40.6 Å². The van der Waals surface area contributed by atoms with Crippen LogP contribution in [0.3, 0.4) is 0 Å². The molecule has 0 aliphatic rings. The predicted molar refractivity (Wildman–Crippen MR) is 71.1 cm³/mol. The molecule has 0 aliphatic carbocycles. The van der Waals surface area contributed by atoms with E-state index in [1.165, 1.54) is 36.0 Å². The van der Waals surface area contributed by atoms with E-state index in [1.54, 1.807) is 0 Å². The molecule has 0 aromatic heterocycles. The van der Waals surface area contributed by atoms with Crippen LogP contribution in [0.5, 0.6) is 5.75 Å². The topological polar surface area (TPSA) is 77.8 Å². The highest BCUT2D eigenvalue weighted by atomic mass is 32.2. The molecule has 0 saturated heterocycles. The number of carboxylic acids is 1. The van der Waals surface area contributed by atoms with Crippen molar-refractivity contribution in [2.75, 3.05) is 16.9 Å². The van der Waals surface area contributed by atoms with Gasteiger partial charge in [-0.1, -0.05) is 0 Å². The van der Waals surface area contributed by atoms with Gasteiger partial charge in [-0.15, -0.1) is 0 Å². The van der Waals surface area contributed by atoms with E-state index in [0.717, 1.165) is 4.90 Å². The molecule has 0 radical (unpaired) electrons. The molecule has 0 fully saturated rings. The van der Waals surface area contributed by atoms with Crippen LogP contribution in [0.25, 0.3) is 0 Å². The zero-order valence-electron chi connectivity index (χ0n) is 9.94. The first kappa shape index (κ1) is 14.4. The van der Waals surface area contributed by atoms with E-state index in [1.807, 2.05) is 6.26 Å². The molecule has 1 atom stereocenters. The molecule has 1 amide bonds. The summed E-state index contributed by atoms with van der Waals surface area (Å²) in [5.74, 6) is -0.316. The third-order valence-corrected chi connectivity index (χ3v) is 3.12. The number of phenols is 1. The van der Waals surface area contributed by atoms with Crippen molar-refractivity contribution in [3.05, 3.63) is 24.3 Å². The monoisotopic (exact) mass is 269 g/mol. The van der Waals surface area contributed by atoms with Gasteiger partial charge in [0, 0.05) is 5.69 Å². The Hall–Kier alpha value is -1.69. The second-order valence-corrected chi connectivity index (χ2v) is 4.65. The minimum absolute atomic E-state index is 0.0700. The van der Waals surface area contributed by atoms with Gasteiger partial charge < -0.3 is 15.1 Å². The molecule has 0 aliphatic heterocycles. The van der Waals surface area contributed by atoms with Gasteiger partial charge in [-0.3, -0.25) is 4.79 Å². The smallest absolute Gasteiger partial charge is 0.326 e. The summed E-state index contributed by atoms with van der Waals surface area (Å²) in [7, 11) is 0. The quantitative estimate of drug-likeness (QED) is 0.734. The van der Waals surface area contributed by atoms with Crippen molar-refractivity contribution < 1.29 is 19.8 Å². The Morgan fingerprint density at radius 1 is 1.44 bits per heavy atom. The standard InChI is InChI=1S/C12H15NO4S/c1-18-7-6-11(12(16)17)13(8-14)9-2-4-10(15)5-3-9/h2-5,8,11,15H,6-7H2,1H3,(H,16,17). The number of rotatable bonds is 7. The van der Waals surface area contributed by atoms with Crippen molar-refractivity contribution in [2.24, 2.45) is 0 Å². The molecule has 1 unspecified atom stereocenters. The molecule has 0 heterocycles. The summed E-state index contributed by atoms with van der Waals surface area (Å²) in [5, 5.41) is 18.3. The largest absolute Gasteiger partial charge is 0.508 e. The zero-order valence-corrected chi connectivity index (χ0v) is 10.8. The molecule has 0 bridgehead atoms. The summed E-state index contributed by atoms with van der Waals surface area (Å²) < 4.78 is 0. The Labute approximate surface area is 109 Å². The maximum absolute atomic E-state index is 11.2. The van der Waals surface area contributed by atoms with Crippen LogP contribution in [0.4, 0.5) is 5.69 Å². The molecule has 0 saturated carbocycles. The minimum atomic E-state index is -1.04. The number of carboxylic acid groups (broad SMARTS) is 1.